The van der Waals surface area contributed by atoms with E-state index in [1.807, 2.05) is 0 Å². The predicted molar refractivity (Wildman–Crippen MR) is 46.8 cm³/mol. The van der Waals surface area contributed by atoms with Gasteiger partial charge in [-0.2, -0.15) is 0 Å². The van der Waals surface area contributed by atoms with E-state index >= 15 is 0 Å². The van der Waals surface area contributed by atoms with Gasteiger partial charge in [-0.25, -0.2) is 0 Å². The van der Waals surface area contributed by atoms with Gasteiger partial charge in [-0.3, -0.25) is 4.79 Å². The van der Waals surface area contributed by atoms with E-state index < -0.39 is 0 Å². The molecule has 0 heterocycles. The topological polar surface area (TPSA) is 41.1 Å². The molecule has 0 aliphatic heterocycles. The van der Waals surface area contributed by atoms with Gasteiger partial charge in [-0.1, -0.05) is 0 Å². The monoisotopic (exact) mass is 168 g/mol. The van der Waals surface area contributed by atoms with Crippen LogP contribution >= 0.6 is 0 Å². The van der Waals surface area contributed by atoms with E-state index in [1.165, 1.54) is 25.7 Å². The Balaban J connectivity index is 1.50. The maximum Gasteiger partial charge on any atom is 0.233 e. The van der Waals surface area contributed by atoms with Gasteiger partial charge in [-0.15, -0.1) is 0 Å². The van der Waals surface area contributed by atoms with Crippen molar-refractivity contribution in [2.75, 3.05) is 13.1 Å². The predicted octanol–water partition coefficient (Wildman–Crippen LogP) is 0.265. The highest BCUT2D eigenvalue weighted by molar-refractivity contribution is 5.78. The highest BCUT2D eigenvalue weighted by Gasteiger charge is 2.23. The van der Waals surface area contributed by atoms with E-state index in [-0.39, 0.29) is 5.91 Å². The lowest BCUT2D eigenvalue weighted by Crippen LogP contribution is -2.35. The Morgan fingerprint density at radius 2 is 2.00 bits per heavy atom. The molecule has 1 amide bonds. The summed E-state index contributed by atoms with van der Waals surface area (Å²) in [7, 11) is 0. The Hall–Kier alpha value is -0.570. The summed E-state index contributed by atoms with van der Waals surface area (Å²) in [4.78, 5) is 11.1. The lowest BCUT2D eigenvalue weighted by atomic mass is 10.4. The average molecular weight is 168 g/mol. The van der Waals surface area contributed by atoms with Crippen molar-refractivity contribution >= 4 is 5.91 Å². The van der Waals surface area contributed by atoms with Crippen LogP contribution in [0, 0.1) is 5.92 Å². The van der Waals surface area contributed by atoms with Gasteiger partial charge in [0.1, 0.15) is 0 Å². The molecule has 2 fully saturated rings. The van der Waals surface area contributed by atoms with Crippen molar-refractivity contribution < 1.29 is 4.79 Å². The second kappa shape index (κ2) is 3.44. The first kappa shape index (κ1) is 8.05. The largest absolute Gasteiger partial charge is 0.355 e. The summed E-state index contributed by atoms with van der Waals surface area (Å²) in [6.07, 6.45) is 5.10. The number of carbonyl (C=O) groups is 1. The molecule has 2 rings (SSSR count). The SMILES string of the molecule is O=C(CNC1CC1)NCC1CC1. The zero-order chi connectivity index (χ0) is 8.39. The first-order valence-electron chi connectivity index (χ1n) is 4.84. The third kappa shape index (κ3) is 2.81. The van der Waals surface area contributed by atoms with Crippen LogP contribution in [0.15, 0.2) is 0 Å². The van der Waals surface area contributed by atoms with E-state index in [9.17, 15) is 4.79 Å². The van der Waals surface area contributed by atoms with Crippen molar-refractivity contribution in [3.8, 4) is 0 Å². The normalized spacial score (nSPS) is 22.3. The molecule has 0 atom stereocenters. The van der Waals surface area contributed by atoms with Crippen molar-refractivity contribution in [1.82, 2.24) is 10.6 Å². The zero-order valence-corrected chi connectivity index (χ0v) is 7.31. The van der Waals surface area contributed by atoms with Gasteiger partial charge >= 0.3 is 0 Å². The molecule has 0 aromatic carbocycles. The Morgan fingerprint density at radius 3 is 2.58 bits per heavy atom. The number of hydrogen-bond donors (Lipinski definition) is 2. The molecule has 12 heavy (non-hydrogen) atoms. The summed E-state index contributed by atoms with van der Waals surface area (Å²) >= 11 is 0. The van der Waals surface area contributed by atoms with Crippen LogP contribution in [0.3, 0.4) is 0 Å². The van der Waals surface area contributed by atoms with Crippen LogP contribution in [0.2, 0.25) is 0 Å². The molecule has 0 spiro atoms. The van der Waals surface area contributed by atoms with Crippen molar-refractivity contribution in [1.29, 1.82) is 0 Å². The molecular weight excluding hydrogens is 152 g/mol. The smallest absolute Gasteiger partial charge is 0.233 e. The summed E-state index contributed by atoms with van der Waals surface area (Å²) in [6.45, 7) is 1.41. The number of nitrogens with one attached hydrogen (secondary N) is 2. The lowest BCUT2D eigenvalue weighted by Gasteiger charge is -2.03. The molecule has 0 radical (unpaired) electrons. The molecule has 0 bridgehead atoms. The maximum atomic E-state index is 11.1. The standard InChI is InChI=1S/C9H16N2O/c12-9(6-10-8-3-4-8)11-5-7-1-2-7/h7-8,10H,1-6H2,(H,11,12). The van der Waals surface area contributed by atoms with Crippen LogP contribution in [-0.2, 0) is 4.79 Å². The van der Waals surface area contributed by atoms with Crippen LogP contribution < -0.4 is 10.6 Å². The zero-order valence-electron chi connectivity index (χ0n) is 7.31. The van der Waals surface area contributed by atoms with Crippen LogP contribution in [-0.4, -0.2) is 25.0 Å². The van der Waals surface area contributed by atoms with Gasteiger partial charge in [0.25, 0.3) is 0 Å². The molecule has 2 aliphatic carbocycles. The molecule has 68 valence electrons. The number of hydrogen-bond acceptors (Lipinski definition) is 2. The van der Waals surface area contributed by atoms with Gasteiger partial charge in [0.15, 0.2) is 0 Å². The van der Waals surface area contributed by atoms with Crippen molar-refractivity contribution in [3.05, 3.63) is 0 Å². The highest BCUT2D eigenvalue weighted by atomic mass is 16.1. The van der Waals surface area contributed by atoms with Crippen molar-refractivity contribution in [2.24, 2.45) is 5.92 Å². The first-order chi connectivity index (χ1) is 5.84. The Morgan fingerprint density at radius 1 is 1.25 bits per heavy atom. The van der Waals surface area contributed by atoms with Gasteiger partial charge in [-0.05, 0) is 31.6 Å². The summed E-state index contributed by atoms with van der Waals surface area (Å²) in [5.74, 6) is 0.948. The van der Waals surface area contributed by atoms with Crippen LogP contribution in [0.4, 0.5) is 0 Å². The van der Waals surface area contributed by atoms with E-state index in [2.05, 4.69) is 10.6 Å². The minimum absolute atomic E-state index is 0.161. The van der Waals surface area contributed by atoms with Crippen molar-refractivity contribution in [2.45, 2.75) is 31.7 Å². The molecule has 2 aliphatic rings. The molecule has 0 unspecified atom stereocenters. The number of rotatable bonds is 5. The van der Waals surface area contributed by atoms with Crippen molar-refractivity contribution in [3.63, 3.8) is 0 Å². The average Bonchev–Trinajstić information content (AvgIpc) is 2.89. The molecule has 3 heteroatoms. The van der Waals surface area contributed by atoms with Gasteiger partial charge in [0, 0.05) is 12.6 Å². The number of amides is 1. The van der Waals surface area contributed by atoms with E-state index in [0.717, 1.165) is 12.5 Å². The van der Waals surface area contributed by atoms with Crippen LogP contribution in [0.5, 0.6) is 0 Å². The number of carbonyl (C=O) groups excluding carboxylic acids is 1. The maximum absolute atomic E-state index is 11.1. The minimum Gasteiger partial charge on any atom is -0.355 e. The molecule has 2 saturated carbocycles. The van der Waals surface area contributed by atoms with E-state index in [1.54, 1.807) is 0 Å². The fourth-order valence-corrected chi connectivity index (χ4v) is 1.17. The Kier molecular flexibility index (Phi) is 2.30. The Bertz CT molecular complexity index is 155. The second-order valence-electron chi connectivity index (χ2n) is 3.90. The van der Waals surface area contributed by atoms with Gasteiger partial charge < -0.3 is 10.6 Å². The fourth-order valence-electron chi connectivity index (χ4n) is 1.17. The third-order valence-electron chi connectivity index (χ3n) is 2.41. The second-order valence-corrected chi connectivity index (χ2v) is 3.90. The van der Waals surface area contributed by atoms with E-state index in [0.29, 0.717) is 12.6 Å². The van der Waals surface area contributed by atoms with Gasteiger partial charge in [0.2, 0.25) is 5.91 Å². The third-order valence-corrected chi connectivity index (χ3v) is 2.41. The van der Waals surface area contributed by atoms with Gasteiger partial charge in [0.05, 0.1) is 6.54 Å². The summed E-state index contributed by atoms with van der Waals surface area (Å²) in [5.41, 5.74) is 0. The Labute approximate surface area is 72.9 Å². The van der Waals surface area contributed by atoms with Crippen LogP contribution in [0.25, 0.3) is 0 Å². The van der Waals surface area contributed by atoms with Crippen LogP contribution in [0.1, 0.15) is 25.7 Å². The molecule has 3 nitrogen and oxygen atoms in total. The highest BCUT2D eigenvalue weighted by Crippen LogP contribution is 2.27. The first-order valence-corrected chi connectivity index (χ1v) is 4.84. The molecule has 2 N–H and O–H groups in total. The lowest BCUT2D eigenvalue weighted by molar-refractivity contribution is -0.120. The summed E-state index contributed by atoms with van der Waals surface area (Å²) < 4.78 is 0. The summed E-state index contributed by atoms with van der Waals surface area (Å²) in [6, 6.07) is 0.636. The molecule has 0 aromatic rings. The van der Waals surface area contributed by atoms with E-state index in [4.69, 9.17) is 0 Å². The minimum atomic E-state index is 0.161. The quantitative estimate of drug-likeness (QED) is 0.618. The fraction of sp³-hybridized carbons (Fsp3) is 0.889. The summed E-state index contributed by atoms with van der Waals surface area (Å²) in [5, 5.41) is 6.11. The molecule has 0 saturated heterocycles. The molecular formula is C9H16N2O. The molecule has 0 aromatic heterocycles.